The second-order valence-corrected chi connectivity index (χ2v) is 6.73. The Hall–Kier alpha value is -1.56. The number of aromatic amines is 1. The van der Waals surface area contributed by atoms with E-state index in [1.165, 1.54) is 12.8 Å². The molecule has 23 heavy (non-hydrogen) atoms. The van der Waals surface area contributed by atoms with Crippen LogP contribution in [0.4, 0.5) is 0 Å². The van der Waals surface area contributed by atoms with Gasteiger partial charge in [-0.25, -0.2) is 0 Å². The highest BCUT2D eigenvalue weighted by Gasteiger charge is 2.31. The monoisotopic (exact) mass is 315 g/mol. The lowest BCUT2D eigenvalue weighted by Gasteiger charge is -2.35. The van der Waals surface area contributed by atoms with Gasteiger partial charge in [0.15, 0.2) is 0 Å². The predicted molar refractivity (Wildman–Crippen MR) is 90.8 cm³/mol. The standard InChI is InChI=1S/C18H25N3O2/c22-15(12-20-8-10-21(11-9-20)14-4-5-14)13-23-18-3-1-2-17-16(18)6-7-19-17/h1-3,6-7,14-15,19,22H,4-5,8-13H2. The van der Waals surface area contributed by atoms with E-state index in [9.17, 15) is 5.11 Å². The van der Waals surface area contributed by atoms with Crippen molar-refractivity contribution in [1.82, 2.24) is 14.8 Å². The summed E-state index contributed by atoms with van der Waals surface area (Å²) in [6, 6.07) is 8.81. The molecule has 2 heterocycles. The summed E-state index contributed by atoms with van der Waals surface area (Å²) in [5.74, 6) is 0.835. The number of nitrogens with one attached hydrogen (secondary N) is 1. The number of hydrogen-bond donors (Lipinski definition) is 2. The van der Waals surface area contributed by atoms with Gasteiger partial charge in [0.2, 0.25) is 0 Å². The molecule has 2 N–H and O–H groups in total. The number of H-pyrrole nitrogens is 1. The highest BCUT2D eigenvalue weighted by molar-refractivity contribution is 5.85. The van der Waals surface area contributed by atoms with E-state index in [4.69, 9.17) is 4.74 Å². The molecule has 2 aliphatic rings. The Morgan fingerprint density at radius 2 is 2.00 bits per heavy atom. The molecule has 5 heteroatoms. The first-order valence-corrected chi connectivity index (χ1v) is 8.63. The zero-order valence-electron chi connectivity index (χ0n) is 13.4. The number of ether oxygens (including phenoxy) is 1. The molecule has 1 aromatic carbocycles. The van der Waals surface area contributed by atoms with E-state index in [0.717, 1.165) is 48.9 Å². The molecule has 5 nitrogen and oxygen atoms in total. The van der Waals surface area contributed by atoms with Crippen molar-refractivity contribution < 1.29 is 9.84 Å². The van der Waals surface area contributed by atoms with E-state index in [-0.39, 0.29) is 0 Å². The van der Waals surface area contributed by atoms with Crippen LogP contribution in [0.5, 0.6) is 5.75 Å². The first-order valence-electron chi connectivity index (χ1n) is 8.63. The molecule has 1 aliphatic carbocycles. The van der Waals surface area contributed by atoms with Gasteiger partial charge in [-0.3, -0.25) is 9.80 Å². The van der Waals surface area contributed by atoms with Crippen LogP contribution in [0, 0.1) is 0 Å². The van der Waals surface area contributed by atoms with Crippen molar-refractivity contribution in [2.24, 2.45) is 0 Å². The van der Waals surface area contributed by atoms with Crippen molar-refractivity contribution in [1.29, 1.82) is 0 Å². The topological polar surface area (TPSA) is 51.7 Å². The molecule has 1 saturated carbocycles. The van der Waals surface area contributed by atoms with E-state index >= 15 is 0 Å². The third-order valence-corrected chi connectivity index (χ3v) is 4.93. The zero-order chi connectivity index (χ0) is 15.6. The van der Waals surface area contributed by atoms with Crippen LogP contribution in [-0.4, -0.2) is 71.4 Å². The van der Waals surface area contributed by atoms with Gasteiger partial charge in [0.25, 0.3) is 0 Å². The van der Waals surface area contributed by atoms with Gasteiger partial charge in [-0.1, -0.05) is 6.07 Å². The van der Waals surface area contributed by atoms with Crippen LogP contribution in [0.3, 0.4) is 0 Å². The minimum atomic E-state index is -0.448. The first-order chi connectivity index (χ1) is 11.3. The Bertz CT molecular complexity index is 645. The number of aliphatic hydroxyl groups excluding tert-OH is 1. The lowest BCUT2D eigenvalue weighted by atomic mass is 10.2. The second-order valence-electron chi connectivity index (χ2n) is 6.73. The van der Waals surface area contributed by atoms with Gasteiger partial charge in [0, 0.05) is 55.9 Å². The number of fused-ring (bicyclic) bond motifs is 1. The maximum atomic E-state index is 10.3. The SMILES string of the molecule is OC(COc1cccc2[nH]ccc12)CN1CCN(C2CC2)CC1. The molecule has 0 amide bonds. The number of piperazine rings is 1. The van der Waals surface area contributed by atoms with Crippen molar-refractivity contribution in [2.75, 3.05) is 39.3 Å². The highest BCUT2D eigenvalue weighted by atomic mass is 16.5. The minimum Gasteiger partial charge on any atom is -0.490 e. The van der Waals surface area contributed by atoms with E-state index in [2.05, 4.69) is 14.8 Å². The summed E-state index contributed by atoms with van der Waals surface area (Å²) < 4.78 is 5.84. The molecule has 0 radical (unpaired) electrons. The number of aromatic nitrogens is 1. The van der Waals surface area contributed by atoms with Crippen molar-refractivity contribution in [3.05, 3.63) is 30.5 Å². The number of β-amino-alcohol motifs (C(OH)–C–C–N with tert-alkyl or cyclic N) is 1. The average molecular weight is 315 g/mol. The zero-order valence-corrected chi connectivity index (χ0v) is 13.4. The lowest BCUT2D eigenvalue weighted by molar-refractivity contribution is 0.0449. The molecule has 1 saturated heterocycles. The van der Waals surface area contributed by atoms with E-state index < -0.39 is 6.10 Å². The predicted octanol–water partition coefficient (Wildman–Crippen LogP) is 1.69. The van der Waals surface area contributed by atoms with Crippen molar-refractivity contribution in [3.63, 3.8) is 0 Å². The van der Waals surface area contributed by atoms with Crippen LogP contribution < -0.4 is 4.74 Å². The fourth-order valence-corrected chi connectivity index (χ4v) is 3.47. The maximum Gasteiger partial charge on any atom is 0.128 e. The van der Waals surface area contributed by atoms with Gasteiger partial charge in [0.05, 0.1) is 0 Å². The Morgan fingerprint density at radius 3 is 2.78 bits per heavy atom. The fraction of sp³-hybridized carbons (Fsp3) is 0.556. The molecule has 4 rings (SSSR count). The molecule has 2 aromatic rings. The fourth-order valence-electron chi connectivity index (χ4n) is 3.47. The Labute approximate surface area is 136 Å². The maximum absolute atomic E-state index is 10.3. The summed E-state index contributed by atoms with van der Waals surface area (Å²) in [7, 11) is 0. The largest absolute Gasteiger partial charge is 0.490 e. The molecule has 1 aromatic heterocycles. The number of benzene rings is 1. The van der Waals surface area contributed by atoms with Crippen molar-refractivity contribution in [2.45, 2.75) is 25.0 Å². The summed E-state index contributed by atoms with van der Waals surface area (Å²) in [6.07, 6.45) is 4.21. The summed E-state index contributed by atoms with van der Waals surface area (Å²) in [5.41, 5.74) is 1.06. The Kier molecular flexibility index (Phi) is 4.25. The van der Waals surface area contributed by atoms with Crippen LogP contribution in [0.15, 0.2) is 30.5 Å². The summed E-state index contributed by atoms with van der Waals surface area (Å²) >= 11 is 0. The van der Waals surface area contributed by atoms with Gasteiger partial charge in [0.1, 0.15) is 18.5 Å². The summed E-state index contributed by atoms with van der Waals surface area (Å²) in [4.78, 5) is 8.12. The molecule has 124 valence electrons. The third-order valence-electron chi connectivity index (χ3n) is 4.93. The Morgan fingerprint density at radius 1 is 1.17 bits per heavy atom. The molecule has 0 bridgehead atoms. The molecule has 2 fully saturated rings. The van der Waals surface area contributed by atoms with E-state index in [1.807, 2.05) is 30.5 Å². The lowest BCUT2D eigenvalue weighted by Crippen LogP contribution is -2.49. The van der Waals surface area contributed by atoms with Gasteiger partial charge < -0.3 is 14.8 Å². The molecule has 1 aliphatic heterocycles. The van der Waals surface area contributed by atoms with Gasteiger partial charge in [-0.05, 0) is 31.0 Å². The average Bonchev–Trinajstić information content (AvgIpc) is 3.30. The number of nitrogens with zero attached hydrogens (tertiary/aromatic N) is 2. The normalized spacial score (nSPS) is 21.6. The molecular formula is C18H25N3O2. The molecule has 0 spiro atoms. The summed E-state index contributed by atoms with van der Waals surface area (Å²) in [5, 5.41) is 11.4. The number of hydrogen-bond acceptors (Lipinski definition) is 4. The van der Waals surface area contributed by atoms with E-state index in [0.29, 0.717) is 13.2 Å². The third kappa shape index (κ3) is 3.52. The van der Waals surface area contributed by atoms with Gasteiger partial charge in [-0.2, -0.15) is 0 Å². The Balaban J connectivity index is 1.25. The molecule has 1 unspecified atom stereocenters. The molecule has 1 atom stereocenters. The quantitative estimate of drug-likeness (QED) is 0.852. The van der Waals surface area contributed by atoms with Crippen molar-refractivity contribution >= 4 is 10.9 Å². The molecular weight excluding hydrogens is 290 g/mol. The van der Waals surface area contributed by atoms with Crippen LogP contribution in [0.2, 0.25) is 0 Å². The van der Waals surface area contributed by atoms with Crippen LogP contribution in [0.25, 0.3) is 10.9 Å². The number of rotatable bonds is 6. The number of aliphatic hydroxyl groups is 1. The second kappa shape index (κ2) is 6.51. The van der Waals surface area contributed by atoms with E-state index in [1.54, 1.807) is 0 Å². The smallest absolute Gasteiger partial charge is 0.128 e. The summed E-state index contributed by atoms with van der Waals surface area (Å²) in [6.45, 7) is 5.43. The van der Waals surface area contributed by atoms with Gasteiger partial charge in [-0.15, -0.1) is 0 Å². The van der Waals surface area contributed by atoms with Crippen molar-refractivity contribution in [3.8, 4) is 5.75 Å². The van der Waals surface area contributed by atoms with Crippen LogP contribution >= 0.6 is 0 Å². The highest BCUT2D eigenvalue weighted by Crippen LogP contribution is 2.27. The van der Waals surface area contributed by atoms with Gasteiger partial charge >= 0.3 is 0 Å². The minimum absolute atomic E-state index is 0.340. The first kappa shape index (κ1) is 15.0. The van der Waals surface area contributed by atoms with Crippen LogP contribution in [0.1, 0.15) is 12.8 Å². The van der Waals surface area contributed by atoms with Crippen LogP contribution in [-0.2, 0) is 0 Å².